The minimum absolute atomic E-state index is 0.178. The molecule has 3 aromatic rings. The largest absolute Gasteiger partial charge is 0.495 e. The van der Waals surface area contributed by atoms with Crippen LogP contribution in [0.1, 0.15) is 10.4 Å². The Hall–Kier alpha value is -2.95. The van der Waals surface area contributed by atoms with E-state index in [1.54, 1.807) is 31.4 Å². The van der Waals surface area contributed by atoms with Crippen LogP contribution in [0, 0.1) is 0 Å². The number of aromatic nitrogens is 1. The number of hydrogen-bond acceptors (Lipinski definition) is 3. The summed E-state index contributed by atoms with van der Waals surface area (Å²) in [6.45, 7) is 0. The summed E-state index contributed by atoms with van der Waals surface area (Å²) in [5.74, 6) is 0.407. The molecule has 0 saturated carbocycles. The van der Waals surface area contributed by atoms with Gasteiger partial charge in [-0.25, -0.2) is 0 Å². The maximum atomic E-state index is 12.3. The Morgan fingerprint density at radius 3 is 2.81 bits per heavy atom. The van der Waals surface area contributed by atoms with Crippen LogP contribution in [0.25, 0.3) is 10.9 Å². The fraction of sp³-hybridized carbons (Fsp3) is 0.0625. The van der Waals surface area contributed by atoms with Gasteiger partial charge < -0.3 is 20.8 Å². The van der Waals surface area contributed by atoms with E-state index in [0.717, 1.165) is 10.9 Å². The maximum absolute atomic E-state index is 12.3. The monoisotopic (exact) mass is 281 g/mol. The number of nitrogen functional groups attached to an aromatic ring is 1. The zero-order valence-corrected chi connectivity index (χ0v) is 11.5. The van der Waals surface area contributed by atoms with E-state index in [0.29, 0.717) is 22.7 Å². The zero-order chi connectivity index (χ0) is 14.8. The van der Waals surface area contributed by atoms with E-state index in [-0.39, 0.29) is 5.91 Å². The van der Waals surface area contributed by atoms with Crippen molar-refractivity contribution in [3.63, 3.8) is 0 Å². The lowest BCUT2D eigenvalue weighted by Crippen LogP contribution is -2.12. The summed E-state index contributed by atoms with van der Waals surface area (Å²) in [6.07, 6.45) is 1.84. The summed E-state index contributed by atoms with van der Waals surface area (Å²) in [5, 5.41) is 3.82. The number of nitrogens with one attached hydrogen (secondary N) is 2. The molecular weight excluding hydrogens is 266 g/mol. The number of methoxy groups -OCH3 is 1. The van der Waals surface area contributed by atoms with Crippen LogP contribution in [0.5, 0.6) is 5.75 Å². The molecule has 0 saturated heterocycles. The van der Waals surface area contributed by atoms with Crippen LogP contribution >= 0.6 is 0 Å². The molecule has 0 unspecified atom stereocenters. The number of aromatic amines is 1. The van der Waals surface area contributed by atoms with E-state index in [4.69, 9.17) is 10.5 Å². The standard InChI is InChI=1S/C16H15N3O2/c1-21-15-5-3-12(9-13(15)17)19-16(20)11-2-4-14-10(8-11)6-7-18-14/h2-9,18H,17H2,1H3,(H,19,20). The highest BCUT2D eigenvalue weighted by atomic mass is 16.5. The number of amides is 1. The van der Waals surface area contributed by atoms with Gasteiger partial charge in [0.15, 0.2) is 0 Å². The molecule has 0 aliphatic rings. The van der Waals surface area contributed by atoms with Crippen molar-refractivity contribution in [1.82, 2.24) is 4.98 Å². The number of fused-ring (bicyclic) bond motifs is 1. The molecule has 1 heterocycles. The first-order valence-corrected chi connectivity index (χ1v) is 6.49. The number of ether oxygens (including phenoxy) is 1. The Morgan fingerprint density at radius 2 is 2.05 bits per heavy atom. The number of carbonyl (C=O) groups is 1. The zero-order valence-electron chi connectivity index (χ0n) is 11.5. The van der Waals surface area contributed by atoms with E-state index in [1.807, 2.05) is 24.4 Å². The molecule has 0 aliphatic carbocycles. The number of benzene rings is 2. The molecule has 0 bridgehead atoms. The van der Waals surface area contributed by atoms with E-state index in [2.05, 4.69) is 10.3 Å². The van der Waals surface area contributed by atoms with Crippen LogP contribution in [-0.2, 0) is 0 Å². The number of H-pyrrole nitrogens is 1. The number of rotatable bonds is 3. The fourth-order valence-electron chi connectivity index (χ4n) is 2.21. The normalized spacial score (nSPS) is 10.5. The van der Waals surface area contributed by atoms with Crippen molar-refractivity contribution in [3.05, 3.63) is 54.2 Å². The van der Waals surface area contributed by atoms with Crippen molar-refractivity contribution in [2.75, 3.05) is 18.2 Å². The van der Waals surface area contributed by atoms with Gasteiger partial charge in [-0.05, 0) is 42.5 Å². The van der Waals surface area contributed by atoms with Gasteiger partial charge in [0.25, 0.3) is 5.91 Å². The molecule has 21 heavy (non-hydrogen) atoms. The second-order valence-corrected chi connectivity index (χ2v) is 4.69. The van der Waals surface area contributed by atoms with E-state index < -0.39 is 0 Å². The molecule has 3 rings (SSSR count). The minimum atomic E-state index is -0.178. The summed E-state index contributed by atoms with van der Waals surface area (Å²) in [6, 6.07) is 12.6. The van der Waals surface area contributed by atoms with Gasteiger partial charge in [-0.3, -0.25) is 4.79 Å². The SMILES string of the molecule is COc1ccc(NC(=O)c2ccc3[nH]ccc3c2)cc1N. The third-order valence-electron chi connectivity index (χ3n) is 3.30. The van der Waals surface area contributed by atoms with Gasteiger partial charge in [-0.2, -0.15) is 0 Å². The molecule has 0 fully saturated rings. The highest BCUT2D eigenvalue weighted by molar-refractivity contribution is 6.06. The van der Waals surface area contributed by atoms with Gasteiger partial charge in [-0.1, -0.05) is 0 Å². The molecule has 0 atom stereocenters. The van der Waals surface area contributed by atoms with Crippen LogP contribution in [0.3, 0.4) is 0 Å². The van der Waals surface area contributed by atoms with E-state index in [1.165, 1.54) is 0 Å². The molecule has 0 radical (unpaired) electrons. The first-order chi connectivity index (χ1) is 10.2. The predicted octanol–water partition coefficient (Wildman–Crippen LogP) is 3.01. The Labute approximate surface area is 121 Å². The van der Waals surface area contributed by atoms with Gasteiger partial charge in [0.2, 0.25) is 0 Å². The Balaban J connectivity index is 1.83. The highest BCUT2D eigenvalue weighted by Gasteiger charge is 2.08. The Morgan fingerprint density at radius 1 is 1.19 bits per heavy atom. The van der Waals surface area contributed by atoms with Crippen LogP contribution in [0.4, 0.5) is 11.4 Å². The second-order valence-electron chi connectivity index (χ2n) is 4.69. The third-order valence-corrected chi connectivity index (χ3v) is 3.30. The minimum Gasteiger partial charge on any atom is -0.495 e. The number of nitrogens with two attached hydrogens (primary N) is 1. The fourth-order valence-corrected chi connectivity index (χ4v) is 2.21. The maximum Gasteiger partial charge on any atom is 0.255 e. The average molecular weight is 281 g/mol. The highest BCUT2D eigenvalue weighted by Crippen LogP contribution is 2.25. The van der Waals surface area contributed by atoms with Crippen molar-refractivity contribution < 1.29 is 9.53 Å². The van der Waals surface area contributed by atoms with Gasteiger partial charge in [0, 0.05) is 28.4 Å². The third kappa shape index (κ3) is 2.53. The van der Waals surface area contributed by atoms with Gasteiger partial charge in [0.05, 0.1) is 12.8 Å². The topological polar surface area (TPSA) is 80.1 Å². The van der Waals surface area contributed by atoms with Gasteiger partial charge in [-0.15, -0.1) is 0 Å². The molecule has 1 aromatic heterocycles. The lowest BCUT2D eigenvalue weighted by molar-refractivity contribution is 0.102. The number of carbonyl (C=O) groups excluding carboxylic acids is 1. The summed E-state index contributed by atoms with van der Waals surface area (Å²) in [7, 11) is 1.55. The van der Waals surface area contributed by atoms with Crippen LogP contribution in [-0.4, -0.2) is 18.0 Å². The van der Waals surface area contributed by atoms with Crippen LogP contribution < -0.4 is 15.8 Å². The van der Waals surface area contributed by atoms with Crippen molar-refractivity contribution in [1.29, 1.82) is 0 Å². The molecule has 106 valence electrons. The molecule has 5 heteroatoms. The van der Waals surface area contributed by atoms with Gasteiger partial charge in [0.1, 0.15) is 5.75 Å². The molecule has 1 amide bonds. The summed E-state index contributed by atoms with van der Waals surface area (Å²) in [4.78, 5) is 15.3. The lowest BCUT2D eigenvalue weighted by atomic mass is 10.1. The van der Waals surface area contributed by atoms with E-state index in [9.17, 15) is 4.79 Å². The molecule has 0 aliphatic heterocycles. The van der Waals surface area contributed by atoms with Gasteiger partial charge >= 0.3 is 0 Å². The quantitative estimate of drug-likeness (QED) is 0.645. The van der Waals surface area contributed by atoms with Crippen molar-refractivity contribution in [3.8, 4) is 5.75 Å². The smallest absolute Gasteiger partial charge is 0.255 e. The lowest BCUT2D eigenvalue weighted by Gasteiger charge is -2.09. The number of anilines is 2. The second kappa shape index (κ2) is 5.20. The summed E-state index contributed by atoms with van der Waals surface area (Å²) in [5.41, 5.74) is 8.54. The molecule has 0 spiro atoms. The van der Waals surface area contributed by atoms with Crippen LogP contribution in [0.15, 0.2) is 48.7 Å². The number of hydrogen-bond donors (Lipinski definition) is 3. The Bertz CT molecular complexity index is 808. The first kappa shape index (κ1) is 13.1. The summed E-state index contributed by atoms with van der Waals surface area (Å²) < 4.78 is 5.09. The van der Waals surface area contributed by atoms with Crippen LogP contribution in [0.2, 0.25) is 0 Å². The predicted molar refractivity (Wildman–Crippen MR) is 83.7 cm³/mol. The summed E-state index contributed by atoms with van der Waals surface area (Å²) >= 11 is 0. The van der Waals surface area contributed by atoms with Crippen molar-refractivity contribution in [2.24, 2.45) is 0 Å². The molecular formula is C16H15N3O2. The first-order valence-electron chi connectivity index (χ1n) is 6.49. The average Bonchev–Trinajstić information content (AvgIpc) is 2.94. The molecule has 2 aromatic carbocycles. The molecule has 5 nitrogen and oxygen atoms in total. The van der Waals surface area contributed by atoms with Crippen molar-refractivity contribution in [2.45, 2.75) is 0 Å². The van der Waals surface area contributed by atoms with E-state index >= 15 is 0 Å². The Kier molecular flexibility index (Phi) is 3.23. The van der Waals surface area contributed by atoms with Crippen molar-refractivity contribution >= 4 is 28.2 Å². The molecule has 4 N–H and O–H groups in total.